The van der Waals surface area contributed by atoms with Crippen LogP contribution in [0.2, 0.25) is 0 Å². The standard InChI is InChI=1S/C15H17BrN4O2/c1-3-4-11-8-14(21)19-15(18-11)20-17-9-10-5-6-13(22-2)12(16)7-10/h5-9H,3-4H2,1-2H3,(H2,18,19,20,21). The Hall–Kier alpha value is -2.15. The first kappa shape index (κ1) is 16.2. The molecule has 22 heavy (non-hydrogen) atoms. The fourth-order valence-corrected chi connectivity index (χ4v) is 2.43. The zero-order valence-electron chi connectivity index (χ0n) is 12.4. The van der Waals surface area contributed by atoms with Crippen LogP contribution in [0, 0.1) is 0 Å². The molecule has 0 amide bonds. The van der Waals surface area contributed by atoms with E-state index in [9.17, 15) is 4.79 Å². The van der Waals surface area contributed by atoms with Crippen molar-refractivity contribution in [3.8, 4) is 5.75 Å². The van der Waals surface area contributed by atoms with Crippen molar-refractivity contribution in [2.75, 3.05) is 12.5 Å². The third-order valence-electron chi connectivity index (χ3n) is 2.86. The first-order valence-electron chi connectivity index (χ1n) is 6.85. The van der Waals surface area contributed by atoms with Crippen molar-refractivity contribution < 1.29 is 4.74 Å². The van der Waals surface area contributed by atoms with Gasteiger partial charge in [-0.05, 0) is 46.1 Å². The van der Waals surface area contributed by atoms with Crippen LogP contribution in [0.1, 0.15) is 24.6 Å². The van der Waals surface area contributed by atoms with E-state index in [2.05, 4.69) is 36.4 Å². The molecule has 0 aliphatic rings. The molecular weight excluding hydrogens is 348 g/mol. The molecule has 0 spiro atoms. The van der Waals surface area contributed by atoms with Crippen molar-refractivity contribution in [3.05, 3.63) is 50.3 Å². The third kappa shape index (κ3) is 4.42. The van der Waals surface area contributed by atoms with E-state index in [4.69, 9.17) is 4.74 Å². The number of aromatic nitrogens is 2. The van der Waals surface area contributed by atoms with Gasteiger partial charge in [-0.25, -0.2) is 10.4 Å². The smallest absolute Gasteiger partial charge is 0.252 e. The number of ether oxygens (including phenoxy) is 1. The zero-order valence-corrected chi connectivity index (χ0v) is 14.0. The minimum absolute atomic E-state index is 0.191. The Morgan fingerprint density at radius 2 is 2.27 bits per heavy atom. The maximum Gasteiger partial charge on any atom is 0.252 e. The van der Waals surface area contributed by atoms with Crippen molar-refractivity contribution in [2.24, 2.45) is 5.10 Å². The molecule has 6 nitrogen and oxygen atoms in total. The van der Waals surface area contributed by atoms with Crippen LogP contribution < -0.4 is 15.7 Å². The molecular formula is C15H17BrN4O2. The van der Waals surface area contributed by atoms with Crippen molar-refractivity contribution >= 4 is 28.1 Å². The van der Waals surface area contributed by atoms with Gasteiger partial charge in [0.15, 0.2) is 0 Å². The molecule has 116 valence electrons. The quantitative estimate of drug-likeness (QED) is 0.609. The molecule has 2 N–H and O–H groups in total. The van der Waals surface area contributed by atoms with Gasteiger partial charge in [-0.15, -0.1) is 0 Å². The number of anilines is 1. The van der Waals surface area contributed by atoms with Crippen LogP contribution in [0.5, 0.6) is 5.75 Å². The Labute approximate surface area is 136 Å². The molecule has 1 aromatic carbocycles. The first-order chi connectivity index (χ1) is 10.6. The summed E-state index contributed by atoms with van der Waals surface area (Å²) >= 11 is 3.41. The molecule has 0 radical (unpaired) electrons. The average Bonchev–Trinajstić information content (AvgIpc) is 2.47. The van der Waals surface area contributed by atoms with Gasteiger partial charge in [-0.3, -0.25) is 9.78 Å². The van der Waals surface area contributed by atoms with Gasteiger partial charge in [0, 0.05) is 11.8 Å². The molecule has 2 aromatic rings. The SMILES string of the molecule is CCCc1cc(=O)[nH]c(NN=Cc2ccc(OC)c(Br)c2)n1. The molecule has 1 heterocycles. The van der Waals surface area contributed by atoms with E-state index in [0.29, 0.717) is 5.95 Å². The minimum atomic E-state index is -0.191. The average molecular weight is 365 g/mol. The minimum Gasteiger partial charge on any atom is -0.496 e. The third-order valence-corrected chi connectivity index (χ3v) is 3.48. The normalized spacial score (nSPS) is 10.9. The maximum atomic E-state index is 11.5. The second-order valence-electron chi connectivity index (χ2n) is 4.60. The van der Waals surface area contributed by atoms with E-state index < -0.39 is 0 Å². The molecule has 1 aromatic heterocycles. The summed E-state index contributed by atoms with van der Waals surface area (Å²) in [5, 5.41) is 4.08. The Morgan fingerprint density at radius 3 is 2.95 bits per heavy atom. The van der Waals surface area contributed by atoms with Crippen LogP contribution in [0.4, 0.5) is 5.95 Å². The molecule has 0 aliphatic heterocycles. The van der Waals surface area contributed by atoms with E-state index in [1.807, 2.05) is 25.1 Å². The van der Waals surface area contributed by atoms with Crippen LogP contribution >= 0.6 is 15.9 Å². The van der Waals surface area contributed by atoms with Gasteiger partial charge < -0.3 is 4.74 Å². The largest absolute Gasteiger partial charge is 0.496 e. The molecule has 0 aliphatic carbocycles. The fraction of sp³-hybridized carbons (Fsp3) is 0.267. The first-order valence-corrected chi connectivity index (χ1v) is 7.64. The van der Waals surface area contributed by atoms with E-state index in [1.54, 1.807) is 13.3 Å². The van der Waals surface area contributed by atoms with Crippen molar-refractivity contribution in [1.29, 1.82) is 0 Å². The number of H-pyrrole nitrogens is 1. The highest BCUT2D eigenvalue weighted by Crippen LogP contribution is 2.24. The molecule has 0 unspecified atom stereocenters. The predicted molar refractivity (Wildman–Crippen MR) is 90.8 cm³/mol. The summed E-state index contributed by atoms with van der Waals surface area (Å²) in [5.74, 6) is 1.09. The zero-order chi connectivity index (χ0) is 15.9. The lowest BCUT2D eigenvalue weighted by molar-refractivity contribution is 0.412. The van der Waals surface area contributed by atoms with Gasteiger partial charge in [0.2, 0.25) is 5.95 Å². The van der Waals surface area contributed by atoms with Gasteiger partial charge in [-0.1, -0.05) is 13.3 Å². The number of aryl methyl sites for hydroxylation is 1. The van der Waals surface area contributed by atoms with Crippen LogP contribution in [0.3, 0.4) is 0 Å². The number of hydrazone groups is 1. The number of halogens is 1. The van der Waals surface area contributed by atoms with Crippen LogP contribution in [-0.2, 0) is 6.42 Å². The molecule has 7 heteroatoms. The lowest BCUT2D eigenvalue weighted by Gasteiger charge is -2.04. The number of methoxy groups -OCH3 is 1. The summed E-state index contributed by atoms with van der Waals surface area (Å²) < 4.78 is 6.01. The van der Waals surface area contributed by atoms with Crippen molar-refractivity contribution in [1.82, 2.24) is 9.97 Å². The highest BCUT2D eigenvalue weighted by molar-refractivity contribution is 9.10. The Balaban J connectivity index is 2.09. The number of benzene rings is 1. The number of aromatic amines is 1. The summed E-state index contributed by atoms with van der Waals surface area (Å²) in [6, 6.07) is 7.10. The van der Waals surface area contributed by atoms with E-state index in [1.165, 1.54) is 6.07 Å². The number of hydrogen-bond acceptors (Lipinski definition) is 5. The lowest BCUT2D eigenvalue weighted by atomic mass is 10.2. The van der Waals surface area contributed by atoms with E-state index in [-0.39, 0.29) is 5.56 Å². The molecule has 0 atom stereocenters. The Bertz CT molecular complexity index is 728. The van der Waals surface area contributed by atoms with Gasteiger partial charge >= 0.3 is 0 Å². The van der Waals surface area contributed by atoms with Crippen LogP contribution in [-0.4, -0.2) is 23.3 Å². The van der Waals surface area contributed by atoms with Crippen LogP contribution in [0.15, 0.2) is 38.6 Å². The predicted octanol–water partition coefficient (Wildman–Crippen LogP) is 2.94. The second kappa shape index (κ2) is 7.74. The molecule has 2 rings (SSSR count). The highest BCUT2D eigenvalue weighted by atomic mass is 79.9. The summed E-state index contributed by atoms with van der Waals surface area (Å²) in [6.45, 7) is 2.04. The maximum absolute atomic E-state index is 11.5. The van der Waals surface area contributed by atoms with Gasteiger partial charge in [0.1, 0.15) is 5.75 Å². The molecule has 0 saturated heterocycles. The van der Waals surface area contributed by atoms with Crippen molar-refractivity contribution in [3.63, 3.8) is 0 Å². The highest BCUT2D eigenvalue weighted by Gasteiger charge is 2.01. The molecule has 0 fully saturated rings. The van der Waals surface area contributed by atoms with E-state index in [0.717, 1.165) is 34.3 Å². The van der Waals surface area contributed by atoms with Gasteiger partial charge in [-0.2, -0.15) is 5.10 Å². The lowest BCUT2D eigenvalue weighted by Crippen LogP contribution is -2.11. The topological polar surface area (TPSA) is 79.4 Å². The summed E-state index contributed by atoms with van der Waals surface area (Å²) in [7, 11) is 1.61. The second-order valence-corrected chi connectivity index (χ2v) is 5.45. The number of nitrogens with zero attached hydrogens (tertiary/aromatic N) is 2. The molecule has 0 saturated carbocycles. The van der Waals surface area contributed by atoms with Crippen molar-refractivity contribution in [2.45, 2.75) is 19.8 Å². The Kier molecular flexibility index (Phi) is 5.71. The summed E-state index contributed by atoms with van der Waals surface area (Å²) in [4.78, 5) is 18.4. The number of hydrogen-bond donors (Lipinski definition) is 2. The number of nitrogens with one attached hydrogen (secondary N) is 2. The number of rotatable bonds is 6. The van der Waals surface area contributed by atoms with Gasteiger partial charge in [0.05, 0.1) is 17.8 Å². The fourth-order valence-electron chi connectivity index (χ4n) is 1.88. The van der Waals surface area contributed by atoms with Crippen LogP contribution in [0.25, 0.3) is 0 Å². The monoisotopic (exact) mass is 364 g/mol. The Morgan fingerprint density at radius 1 is 1.45 bits per heavy atom. The summed E-state index contributed by atoms with van der Waals surface area (Å²) in [6.07, 6.45) is 3.32. The summed E-state index contributed by atoms with van der Waals surface area (Å²) in [5.41, 5.74) is 4.17. The van der Waals surface area contributed by atoms with Gasteiger partial charge in [0.25, 0.3) is 5.56 Å². The van der Waals surface area contributed by atoms with E-state index >= 15 is 0 Å². The molecule has 0 bridgehead atoms.